The van der Waals surface area contributed by atoms with Gasteiger partial charge >= 0.3 is 0 Å². The molecule has 0 saturated heterocycles. The van der Waals surface area contributed by atoms with Gasteiger partial charge in [0.05, 0.1) is 0 Å². The molecule has 0 heterocycles. The van der Waals surface area contributed by atoms with Gasteiger partial charge in [0.25, 0.3) is 0 Å². The zero-order chi connectivity index (χ0) is 10.4. The first-order valence-electron chi connectivity index (χ1n) is 4.86. The highest BCUT2D eigenvalue weighted by molar-refractivity contribution is 9.10. The summed E-state index contributed by atoms with van der Waals surface area (Å²) in [6, 6.07) is 8.15. The minimum atomic E-state index is 0.0825. The van der Waals surface area contributed by atoms with Crippen molar-refractivity contribution in [2.75, 3.05) is 6.61 Å². The Balaban J connectivity index is 2.47. The standard InChI is InChI=1S/C11H16BrNO/c12-10-5-3-4-9(8-10)11(13)6-1-2-7-14/h3-5,8,11,14H,1-2,6-7,13H2. The van der Waals surface area contributed by atoms with E-state index in [9.17, 15) is 0 Å². The maximum atomic E-state index is 8.65. The zero-order valence-electron chi connectivity index (χ0n) is 8.12. The Hall–Kier alpha value is -0.380. The molecule has 0 aliphatic rings. The van der Waals surface area contributed by atoms with Gasteiger partial charge in [-0.25, -0.2) is 0 Å². The number of aliphatic hydroxyl groups excluding tert-OH is 1. The van der Waals surface area contributed by atoms with Gasteiger partial charge in [0, 0.05) is 17.1 Å². The van der Waals surface area contributed by atoms with Gasteiger partial charge in [0.15, 0.2) is 0 Å². The van der Waals surface area contributed by atoms with Crippen molar-refractivity contribution in [3.63, 3.8) is 0 Å². The fraction of sp³-hybridized carbons (Fsp3) is 0.455. The zero-order valence-corrected chi connectivity index (χ0v) is 9.70. The van der Waals surface area contributed by atoms with Crippen LogP contribution in [0.3, 0.4) is 0 Å². The minimum absolute atomic E-state index is 0.0825. The molecular formula is C11H16BrNO. The van der Waals surface area contributed by atoms with Gasteiger partial charge < -0.3 is 10.8 Å². The van der Waals surface area contributed by atoms with E-state index in [1.807, 2.05) is 24.3 Å². The van der Waals surface area contributed by atoms with E-state index >= 15 is 0 Å². The number of rotatable bonds is 5. The molecule has 78 valence electrons. The summed E-state index contributed by atoms with van der Waals surface area (Å²) in [6.07, 6.45) is 2.74. The molecule has 0 fully saturated rings. The SMILES string of the molecule is NC(CCCCO)c1cccc(Br)c1. The third-order valence-electron chi connectivity index (χ3n) is 2.20. The molecule has 14 heavy (non-hydrogen) atoms. The van der Waals surface area contributed by atoms with Crippen LogP contribution < -0.4 is 5.73 Å². The lowest BCUT2D eigenvalue weighted by atomic mass is 10.0. The Morgan fingerprint density at radius 1 is 1.36 bits per heavy atom. The molecule has 1 unspecified atom stereocenters. The van der Waals surface area contributed by atoms with Crippen LogP contribution in [0.5, 0.6) is 0 Å². The second-order valence-electron chi connectivity index (χ2n) is 3.38. The Kier molecular flexibility index (Phi) is 5.15. The van der Waals surface area contributed by atoms with Crippen LogP contribution >= 0.6 is 15.9 Å². The highest BCUT2D eigenvalue weighted by Gasteiger charge is 2.05. The number of hydrogen-bond acceptors (Lipinski definition) is 2. The van der Waals surface area contributed by atoms with Crippen LogP contribution in [0.15, 0.2) is 28.7 Å². The lowest BCUT2D eigenvalue weighted by molar-refractivity contribution is 0.281. The predicted molar refractivity (Wildman–Crippen MR) is 62.0 cm³/mol. The predicted octanol–water partition coefficient (Wildman–Crippen LogP) is 2.61. The van der Waals surface area contributed by atoms with E-state index in [0.717, 1.165) is 29.3 Å². The fourth-order valence-electron chi connectivity index (χ4n) is 1.38. The molecule has 0 aliphatic heterocycles. The summed E-state index contributed by atoms with van der Waals surface area (Å²) in [5.74, 6) is 0. The summed E-state index contributed by atoms with van der Waals surface area (Å²) in [7, 11) is 0. The maximum Gasteiger partial charge on any atom is 0.0431 e. The van der Waals surface area contributed by atoms with E-state index in [0.29, 0.717) is 0 Å². The molecule has 0 aromatic heterocycles. The summed E-state index contributed by atoms with van der Waals surface area (Å²) < 4.78 is 1.06. The molecule has 1 rings (SSSR count). The third kappa shape index (κ3) is 3.78. The fourth-order valence-corrected chi connectivity index (χ4v) is 1.80. The Morgan fingerprint density at radius 3 is 2.79 bits per heavy atom. The number of halogens is 1. The summed E-state index contributed by atoms with van der Waals surface area (Å²) in [5.41, 5.74) is 7.15. The van der Waals surface area contributed by atoms with Crippen molar-refractivity contribution in [3.8, 4) is 0 Å². The highest BCUT2D eigenvalue weighted by atomic mass is 79.9. The van der Waals surface area contributed by atoms with Crippen molar-refractivity contribution in [1.82, 2.24) is 0 Å². The van der Waals surface area contributed by atoms with Gasteiger partial charge in [-0.3, -0.25) is 0 Å². The van der Waals surface area contributed by atoms with E-state index in [2.05, 4.69) is 15.9 Å². The van der Waals surface area contributed by atoms with E-state index < -0.39 is 0 Å². The van der Waals surface area contributed by atoms with Crippen molar-refractivity contribution >= 4 is 15.9 Å². The van der Waals surface area contributed by atoms with Crippen molar-refractivity contribution in [2.45, 2.75) is 25.3 Å². The maximum absolute atomic E-state index is 8.65. The van der Waals surface area contributed by atoms with E-state index in [1.165, 1.54) is 0 Å². The van der Waals surface area contributed by atoms with E-state index in [4.69, 9.17) is 10.8 Å². The first-order chi connectivity index (χ1) is 6.74. The Morgan fingerprint density at radius 2 is 2.14 bits per heavy atom. The number of benzene rings is 1. The molecule has 0 spiro atoms. The van der Waals surface area contributed by atoms with E-state index in [1.54, 1.807) is 0 Å². The molecule has 3 N–H and O–H groups in total. The highest BCUT2D eigenvalue weighted by Crippen LogP contribution is 2.20. The molecule has 1 atom stereocenters. The second-order valence-corrected chi connectivity index (χ2v) is 4.30. The average Bonchev–Trinajstić information content (AvgIpc) is 2.18. The van der Waals surface area contributed by atoms with Crippen LogP contribution in [-0.2, 0) is 0 Å². The number of hydrogen-bond donors (Lipinski definition) is 2. The average molecular weight is 258 g/mol. The van der Waals surface area contributed by atoms with Gasteiger partial charge in [0.2, 0.25) is 0 Å². The van der Waals surface area contributed by atoms with Gasteiger partial charge in [-0.15, -0.1) is 0 Å². The van der Waals surface area contributed by atoms with Crippen LogP contribution in [-0.4, -0.2) is 11.7 Å². The van der Waals surface area contributed by atoms with Crippen molar-refractivity contribution in [3.05, 3.63) is 34.3 Å². The molecule has 1 aromatic rings. The second kappa shape index (κ2) is 6.17. The minimum Gasteiger partial charge on any atom is -0.396 e. The molecular weight excluding hydrogens is 242 g/mol. The van der Waals surface area contributed by atoms with E-state index in [-0.39, 0.29) is 12.6 Å². The Labute approximate surface area is 93.3 Å². The van der Waals surface area contributed by atoms with Crippen LogP contribution in [0.2, 0.25) is 0 Å². The van der Waals surface area contributed by atoms with Crippen LogP contribution in [0.25, 0.3) is 0 Å². The molecule has 0 bridgehead atoms. The molecule has 0 aliphatic carbocycles. The molecule has 0 radical (unpaired) electrons. The van der Waals surface area contributed by atoms with Gasteiger partial charge in [-0.05, 0) is 37.0 Å². The lowest BCUT2D eigenvalue weighted by Gasteiger charge is -2.11. The third-order valence-corrected chi connectivity index (χ3v) is 2.69. The van der Waals surface area contributed by atoms with Crippen LogP contribution in [0, 0.1) is 0 Å². The monoisotopic (exact) mass is 257 g/mol. The van der Waals surface area contributed by atoms with Crippen molar-refractivity contribution in [1.29, 1.82) is 0 Å². The van der Waals surface area contributed by atoms with Crippen LogP contribution in [0.1, 0.15) is 30.9 Å². The summed E-state index contributed by atoms with van der Waals surface area (Å²) in [4.78, 5) is 0. The summed E-state index contributed by atoms with van der Waals surface area (Å²) in [6.45, 7) is 0.255. The molecule has 2 nitrogen and oxygen atoms in total. The number of unbranched alkanes of at least 4 members (excludes halogenated alkanes) is 1. The first kappa shape index (κ1) is 11.7. The lowest BCUT2D eigenvalue weighted by Crippen LogP contribution is -2.10. The Bertz CT molecular complexity index is 278. The quantitative estimate of drug-likeness (QED) is 0.797. The van der Waals surface area contributed by atoms with Crippen LogP contribution in [0.4, 0.5) is 0 Å². The molecule has 0 amide bonds. The first-order valence-corrected chi connectivity index (χ1v) is 5.65. The normalized spacial score (nSPS) is 12.8. The van der Waals surface area contributed by atoms with Gasteiger partial charge in [-0.2, -0.15) is 0 Å². The van der Waals surface area contributed by atoms with Crippen molar-refractivity contribution < 1.29 is 5.11 Å². The summed E-state index contributed by atoms with van der Waals surface area (Å²) in [5, 5.41) is 8.65. The molecule has 1 aromatic carbocycles. The smallest absolute Gasteiger partial charge is 0.0431 e. The van der Waals surface area contributed by atoms with Gasteiger partial charge in [-0.1, -0.05) is 28.1 Å². The topological polar surface area (TPSA) is 46.2 Å². The summed E-state index contributed by atoms with van der Waals surface area (Å²) >= 11 is 3.42. The largest absolute Gasteiger partial charge is 0.396 e. The molecule has 3 heteroatoms. The van der Waals surface area contributed by atoms with Crippen molar-refractivity contribution in [2.24, 2.45) is 5.73 Å². The number of nitrogens with two attached hydrogens (primary N) is 1. The molecule has 0 saturated carbocycles. The van der Waals surface area contributed by atoms with Gasteiger partial charge in [0.1, 0.15) is 0 Å². The number of aliphatic hydroxyl groups is 1.